The molecule has 2 saturated heterocycles. The predicted molar refractivity (Wildman–Crippen MR) is 169 cm³/mol. The molecule has 3 aromatic rings. The second kappa shape index (κ2) is 12.7. The van der Waals surface area contributed by atoms with Crippen LogP contribution in [0, 0.1) is 17.8 Å². The smallest absolute Gasteiger partial charge is 0.410 e. The zero-order valence-corrected chi connectivity index (χ0v) is 26.0. The lowest BCUT2D eigenvalue weighted by molar-refractivity contribution is -0.106. The van der Waals surface area contributed by atoms with E-state index in [9.17, 15) is 9.90 Å². The highest BCUT2D eigenvalue weighted by Gasteiger charge is 2.38. The van der Waals surface area contributed by atoms with E-state index in [1.165, 1.54) is 0 Å². The molecule has 2 aliphatic heterocycles. The standard InChI is InChI=1S/C34H44N6O4/c1-34(2,3)44-33(42)39-17-13-26(14-18-39)43-27-19-25(20-27)38-15-11-23(12-16-38)7-6-8-24-21-40-22-29(36-32(40)37-31(24)35)28-9-4-5-10-30(28)41/h4-5,9-10,21-23,25-27,41H,7,11-20H2,1-3H3,(H2,35,36,37)/t25-,27-. The molecule has 0 radical (unpaired) electrons. The number of benzene rings is 1. The van der Waals surface area contributed by atoms with Gasteiger partial charge < -0.3 is 30.1 Å². The van der Waals surface area contributed by atoms with E-state index in [0.29, 0.717) is 59.6 Å². The predicted octanol–water partition coefficient (Wildman–Crippen LogP) is 5.08. The number of nitrogen functional groups attached to an aromatic ring is 1. The largest absolute Gasteiger partial charge is 0.507 e. The van der Waals surface area contributed by atoms with E-state index in [0.717, 1.165) is 58.0 Å². The normalized spacial score (nSPS) is 21.9. The van der Waals surface area contributed by atoms with Crippen molar-refractivity contribution in [2.45, 2.75) is 89.6 Å². The van der Waals surface area contributed by atoms with Crippen LogP contribution >= 0.6 is 0 Å². The third kappa shape index (κ3) is 7.11. The summed E-state index contributed by atoms with van der Waals surface area (Å²) in [5.41, 5.74) is 7.72. The number of para-hydroxylation sites is 1. The number of ether oxygens (including phenoxy) is 2. The minimum absolute atomic E-state index is 0.175. The number of phenolic OH excluding ortho intramolecular Hbond substituents is 1. The number of rotatable bonds is 5. The maximum atomic E-state index is 12.3. The molecule has 0 spiro atoms. The van der Waals surface area contributed by atoms with Crippen LogP contribution in [0.2, 0.25) is 0 Å². The average Bonchev–Trinajstić information content (AvgIpc) is 3.37. The van der Waals surface area contributed by atoms with Gasteiger partial charge in [-0.25, -0.2) is 9.78 Å². The highest BCUT2D eigenvalue weighted by Crippen LogP contribution is 2.34. The Morgan fingerprint density at radius 3 is 2.45 bits per heavy atom. The van der Waals surface area contributed by atoms with Crippen LogP contribution in [0.1, 0.15) is 71.3 Å². The van der Waals surface area contributed by atoms with E-state index in [1.807, 2.05) is 54.6 Å². The Hall–Kier alpha value is -3.81. The molecule has 0 atom stereocenters. The minimum Gasteiger partial charge on any atom is -0.507 e. The van der Waals surface area contributed by atoms with Crippen molar-refractivity contribution in [2.75, 3.05) is 31.9 Å². The summed E-state index contributed by atoms with van der Waals surface area (Å²) < 4.78 is 13.7. The molecule has 1 aromatic carbocycles. The Morgan fingerprint density at radius 2 is 1.75 bits per heavy atom. The van der Waals surface area contributed by atoms with Crippen LogP contribution in [0.4, 0.5) is 10.6 Å². The van der Waals surface area contributed by atoms with Gasteiger partial charge in [0.25, 0.3) is 0 Å². The van der Waals surface area contributed by atoms with Crippen LogP contribution in [0.5, 0.6) is 5.75 Å². The molecular weight excluding hydrogens is 556 g/mol. The number of anilines is 1. The lowest BCUT2D eigenvalue weighted by atomic mass is 9.84. The van der Waals surface area contributed by atoms with Crippen molar-refractivity contribution in [3.05, 3.63) is 42.2 Å². The van der Waals surface area contributed by atoms with Crippen LogP contribution in [-0.4, -0.2) is 85.4 Å². The number of carbonyl (C=O) groups is 1. The van der Waals surface area contributed by atoms with Crippen molar-refractivity contribution < 1.29 is 19.4 Å². The Labute approximate surface area is 259 Å². The van der Waals surface area contributed by atoms with Crippen LogP contribution in [0.25, 0.3) is 17.0 Å². The third-order valence-corrected chi connectivity index (χ3v) is 8.99. The summed E-state index contributed by atoms with van der Waals surface area (Å²) in [7, 11) is 0. The van der Waals surface area contributed by atoms with Crippen molar-refractivity contribution in [1.29, 1.82) is 0 Å². The van der Waals surface area contributed by atoms with Crippen molar-refractivity contribution in [2.24, 2.45) is 5.92 Å². The lowest BCUT2D eigenvalue weighted by Gasteiger charge is -2.46. The van der Waals surface area contributed by atoms with Crippen molar-refractivity contribution in [3.63, 3.8) is 0 Å². The van der Waals surface area contributed by atoms with Gasteiger partial charge in [0.05, 0.1) is 23.5 Å². The minimum atomic E-state index is -0.461. The summed E-state index contributed by atoms with van der Waals surface area (Å²) in [5, 5.41) is 10.2. The van der Waals surface area contributed by atoms with E-state index >= 15 is 0 Å². The number of imidazole rings is 1. The first-order valence-corrected chi connectivity index (χ1v) is 15.9. The number of nitrogens with zero attached hydrogens (tertiary/aromatic N) is 5. The molecule has 6 rings (SSSR count). The number of piperidine rings is 2. The van der Waals surface area contributed by atoms with Crippen LogP contribution in [-0.2, 0) is 9.47 Å². The molecule has 1 aliphatic carbocycles. The maximum absolute atomic E-state index is 12.3. The summed E-state index contributed by atoms with van der Waals surface area (Å²) in [6.07, 6.45) is 11.2. The Morgan fingerprint density at radius 1 is 1.02 bits per heavy atom. The van der Waals surface area contributed by atoms with Crippen molar-refractivity contribution >= 4 is 17.7 Å². The fourth-order valence-electron chi connectivity index (χ4n) is 6.38. The van der Waals surface area contributed by atoms with Crippen LogP contribution in [0.15, 0.2) is 36.7 Å². The highest BCUT2D eigenvalue weighted by molar-refractivity contribution is 5.69. The summed E-state index contributed by atoms with van der Waals surface area (Å²) >= 11 is 0. The molecular formula is C34H44N6O4. The second-order valence-electron chi connectivity index (χ2n) is 13.4. The number of hydrogen-bond donors (Lipinski definition) is 2. The first-order valence-electron chi connectivity index (χ1n) is 15.9. The van der Waals surface area contributed by atoms with Crippen molar-refractivity contribution in [3.8, 4) is 28.8 Å². The molecule has 44 heavy (non-hydrogen) atoms. The highest BCUT2D eigenvalue weighted by atomic mass is 16.6. The zero-order chi connectivity index (χ0) is 30.8. The molecule has 0 bridgehead atoms. The number of aromatic hydroxyl groups is 1. The second-order valence-corrected chi connectivity index (χ2v) is 13.4. The number of aromatic nitrogens is 3. The number of fused-ring (bicyclic) bond motifs is 1. The first-order chi connectivity index (χ1) is 21.1. The fourth-order valence-corrected chi connectivity index (χ4v) is 6.38. The van der Waals surface area contributed by atoms with Gasteiger partial charge in [0.1, 0.15) is 17.2 Å². The van der Waals surface area contributed by atoms with Gasteiger partial charge in [-0.05, 0) is 90.4 Å². The van der Waals surface area contributed by atoms with Gasteiger partial charge in [-0.15, -0.1) is 0 Å². The molecule has 234 valence electrons. The average molecular weight is 601 g/mol. The topological polar surface area (TPSA) is 118 Å². The van der Waals surface area contributed by atoms with E-state index in [2.05, 4.69) is 26.7 Å². The quantitative estimate of drug-likeness (QED) is 0.389. The van der Waals surface area contributed by atoms with Crippen LogP contribution < -0.4 is 5.73 Å². The van der Waals surface area contributed by atoms with Gasteiger partial charge in [-0.1, -0.05) is 24.0 Å². The molecule has 1 saturated carbocycles. The van der Waals surface area contributed by atoms with Crippen LogP contribution in [0.3, 0.4) is 0 Å². The van der Waals surface area contributed by atoms with Gasteiger partial charge in [-0.3, -0.25) is 4.40 Å². The molecule has 1 amide bonds. The van der Waals surface area contributed by atoms with E-state index < -0.39 is 5.60 Å². The first kappa shape index (κ1) is 30.2. The Bertz CT molecular complexity index is 1530. The Kier molecular flexibility index (Phi) is 8.70. The van der Waals surface area contributed by atoms with Gasteiger partial charge in [0, 0.05) is 43.5 Å². The molecule has 4 heterocycles. The molecule has 2 aromatic heterocycles. The van der Waals surface area contributed by atoms with Crippen molar-refractivity contribution in [1.82, 2.24) is 24.2 Å². The lowest BCUT2D eigenvalue weighted by Crippen LogP contribution is -2.52. The van der Waals surface area contributed by atoms with Gasteiger partial charge in [-0.2, -0.15) is 4.98 Å². The van der Waals surface area contributed by atoms with Gasteiger partial charge in [0.2, 0.25) is 5.78 Å². The summed E-state index contributed by atoms with van der Waals surface area (Å²) in [4.78, 5) is 25.7. The Balaban J connectivity index is 0.921. The monoisotopic (exact) mass is 600 g/mol. The maximum Gasteiger partial charge on any atom is 0.410 e. The summed E-state index contributed by atoms with van der Waals surface area (Å²) in [5.74, 6) is 8.20. The number of carbonyl (C=O) groups excluding carboxylic acids is 1. The molecule has 0 unspecified atom stereocenters. The van der Waals surface area contributed by atoms with Gasteiger partial charge >= 0.3 is 6.09 Å². The number of amides is 1. The van der Waals surface area contributed by atoms with E-state index in [4.69, 9.17) is 15.2 Å². The number of phenols is 1. The number of hydrogen-bond acceptors (Lipinski definition) is 8. The molecule has 3 aliphatic rings. The summed E-state index contributed by atoms with van der Waals surface area (Å²) in [6, 6.07) is 7.72. The SMILES string of the molecule is CC(C)(C)OC(=O)N1CCC(O[C@H]2C[C@H](N3CCC(CC#Cc4cn5cc(-c6ccccc6O)nc5nc4N)CC3)C2)CC1. The molecule has 10 heteroatoms. The van der Waals surface area contributed by atoms with Gasteiger partial charge in [0.15, 0.2) is 0 Å². The zero-order valence-electron chi connectivity index (χ0n) is 26.0. The fraction of sp³-hybridized carbons (Fsp3) is 0.559. The molecule has 3 fully saturated rings. The number of nitrogens with two attached hydrogens (primary N) is 1. The molecule has 3 N–H and O–H groups in total. The molecule has 10 nitrogen and oxygen atoms in total. The van der Waals surface area contributed by atoms with E-state index in [1.54, 1.807) is 12.1 Å². The number of likely N-dealkylation sites (tertiary alicyclic amines) is 2. The third-order valence-electron chi connectivity index (χ3n) is 8.99. The summed E-state index contributed by atoms with van der Waals surface area (Å²) in [6.45, 7) is 9.33. The van der Waals surface area contributed by atoms with E-state index in [-0.39, 0.29) is 17.9 Å².